The minimum absolute atomic E-state index is 0.146. The summed E-state index contributed by atoms with van der Waals surface area (Å²) >= 11 is 11.6. The standard InChI is InChI=1S/C15H13Cl2N3O3/c1-18-12-5-3-2-4-10(12)15(22)23-8-13(21)20-14-11(17)6-9(16)7-19-14/h2-7,18H,8H2,1H3,(H,19,20,21). The largest absolute Gasteiger partial charge is 0.452 e. The minimum atomic E-state index is -0.611. The number of ether oxygens (including phenoxy) is 1. The second kappa shape index (κ2) is 7.80. The minimum Gasteiger partial charge on any atom is -0.452 e. The van der Waals surface area contributed by atoms with Crippen molar-refractivity contribution in [2.75, 3.05) is 24.3 Å². The first-order valence-electron chi connectivity index (χ1n) is 6.56. The lowest BCUT2D eigenvalue weighted by molar-refractivity contribution is -0.119. The molecule has 120 valence electrons. The summed E-state index contributed by atoms with van der Waals surface area (Å²) in [7, 11) is 1.69. The average Bonchev–Trinajstić information content (AvgIpc) is 2.55. The van der Waals surface area contributed by atoms with Gasteiger partial charge < -0.3 is 15.4 Å². The van der Waals surface area contributed by atoms with Gasteiger partial charge in [-0.05, 0) is 18.2 Å². The van der Waals surface area contributed by atoms with Crippen LogP contribution in [-0.4, -0.2) is 30.5 Å². The average molecular weight is 354 g/mol. The Labute approximate surface area is 142 Å². The first-order chi connectivity index (χ1) is 11.0. The highest BCUT2D eigenvalue weighted by Gasteiger charge is 2.14. The molecule has 0 saturated carbocycles. The second-order valence-corrected chi connectivity index (χ2v) is 5.25. The summed E-state index contributed by atoms with van der Waals surface area (Å²) in [5.41, 5.74) is 0.950. The topological polar surface area (TPSA) is 80.3 Å². The molecule has 1 aromatic carbocycles. The van der Waals surface area contributed by atoms with Gasteiger partial charge in [0, 0.05) is 18.9 Å². The molecule has 0 unspecified atom stereocenters. The maximum atomic E-state index is 12.0. The molecule has 0 atom stereocenters. The van der Waals surface area contributed by atoms with E-state index in [4.69, 9.17) is 27.9 Å². The highest BCUT2D eigenvalue weighted by molar-refractivity contribution is 6.36. The second-order valence-electron chi connectivity index (χ2n) is 4.40. The molecule has 0 aliphatic heterocycles. The normalized spacial score (nSPS) is 10.0. The summed E-state index contributed by atoms with van der Waals surface area (Å²) in [6.45, 7) is -0.461. The van der Waals surface area contributed by atoms with Gasteiger partial charge in [-0.25, -0.2) is 9.78 Å². The third-order valence-corrected chi connectivity index (χ3v) is 3.31. The molecule has 23 heavy (non-hydrogen) atoms. The Morgan fingerprint density at radius 3 is 2.70 bits per heavy atom. The van der Waals surface area contributed by atoms with Crippen LogP contribution in [0.4, 0.5) is 11.5 Å². The Morgan fingerprint density at radius 1 is 1.26 bits per heavy atom. The van der Waals surface area contributed by atoms with Crippen molar-refractivity contribution in [3.8, 4) is 0 Å². The third-order valence-electron chi connectivity index (χ3n) is 2.82. The summed E-state index contributed by atoms with van der Waals surface area (Å²) in [4.78, 5) is 27.7. The van der Waals surface area contributed by atoms with E-state index in [-0.39, 0.29) is 10.8 Å². The molecule has 2 aromatic rings. The fourth-order valence-electron chi connectivity index (χ4n) is 1.76. The van der Waals surface area contributed by atoms with Crippen LogP contribution in [0.3, 0.4) is 0 Å². The van der Waals surface area contributed by atoms with Gasteiger partial charge in [0.25, 0.3) is 5.91 Å². The van der Waals surface area contributed by atoms with Crippen molar-refractivity contribution in [3.05, 3.63) is 52.1 Å². The fourth-order valence-corrected chi connectivity index (χ4v) is 2.19. The smallest absolute Gasteiger partial charge is 0.340 e. The molecule has 0 radical (unpaired) electrons. The molecule has 2 rings (SSSR count). The van der Waals surface area contributed by atoms with Crippen LogP contribution in [0.25, 0.3) is 0 Å². The Balaban J connectivity index is 1.95. The van der Waals surface area contributed by atoms with Crippen LogP contribution >= 0.6 is 23.2 Å². The van der Waals surface area contributed by atoms with Crippen molar-refractivity contribution in [1.82, 2.24) is 4.98 Å². The van der Waals surface area contributed by atoms with E-state index in [0.717, 1.165) is 0 Å². The molecule has 0 bridgehead atoms. The SMILES string of the molecule is CNc1ccccc1C(=O)OCC(=O)Nc1ncc(Cl)cc1Cl. The van der Waals surface area contributed by atoms with E-state index < -0.39 is 18.5 Å². The third kappa shape index (κ3) is 4.58. The molecular weight excluding hydrogens is 341 g/mol. The van der Waals surface area contributed by atoms with Crippen LogP contribution in [0.15, 0.2) is 36.5 Å². The van der Waals surface area contributed by atoms with Gasteiger partial charge in [-0.15, -0.1) is 0 Å². The zero-order valence-electron chi connectivity index (χ0n) is 12.1. The van der Waals surface area contributed by atoms with Gasteiger partial charge in [0.1, 0.15) is 0 Å². The number of rotatable bonds is 5. The number of esters is 1. The lowest BCUT2D eigenvalue weighted by atomic mass is 10.2. The van der Waals surface area contributed by atoms with Gasteiger partial charge in [0.05, 0.1) is 15.6 Å². The zero-order chi connectivity index (χ0) is 16.8. The van der Waals surface area contributed by atoms with E-state index in [1.54, 1.807) is 31.3 Å². The molecule has 1 amide bonds. The van der Waals surface area contributed by atoms with Gasteiger partial charge in [0.15, 0.2) is 12.4 Å². The Morgan fingerprint density at radius 2 is 2.00 bits per heavy atom. The molecule has 0 aliphatic rings. The predicted molar refractivity (Wildman–Crippen MR) is 89.2 cm³/mol. The fraction of sp³-hybridized carbons (Fsp3) is 0.133. The number of para-hydroxylation sites is 1. The molecule has 6 nitrogen and oxygen atoms in total. The van der Waals surface area contributed by atoms with E-state index in [2.05, 4.69) is 15.6 Å². The molecule has 1 aromatic heterocycles. The van der Waals surface area contributed by atoms with Gasteiger partial charge >= 0.3 is 5.97 Å². The Hall–Kier alpha value is -2.31. The number of halogens is 2. The van der Waals surface area contributed by atoms with Crippen molar-refractivity contribution in [2.24, 2.45) is 0 Å². The Kier molecular flexibility index (Phi) is 5.78. The number of nitrogens with zero attached hydrogens (tertiary/aromatic N) is 1. The predicted octanol–water partition coefficient (Wildman–Crippen LogP) is 3.23. The first-order valence-corrected chi connectivity index (χ1v) is 7.31. The highest BCUT2D eigenvalue weighted by Crippen LogP contribution is 2.22. The number of hydrogen-bond acceptors (Lipinski definition) is 5. The molecule has 2 N–H and O–H groups in total. The van der Waals surface area contributed by atoms with Crippen LogP contribution in [0, 0.1) is 0 Å². The van der Waals surface area contributed by atoms with E-state index in [1.807, 2.05) is 0 Å². The molecule has 0 aliphatic carbocycles. The van der Waals surface area contributed by atoms with Gasteiger partial charge in [-0.1, -0.05) is 35.3 Å². The molecule has 0 saturated heterocycles. The molecule has 8 heteroatoms. The number of benzene rings is 1. The number of pyridine rings is 1. The van der Waals surface area contributed by atoms with E-state index in [1.165, 1.54) is 12.3 Å². The summed E-state index contributed by atoms with van der Waals surface area (Å²) in [6, 6.07) is 8.26. The summed E-state index contributed by atoms with van der Waals surface area (Å²) in [5, 5.41) is 5.86. The maximum Gasteiger partial charge on any atom is 0.340 e. The number of nitrogens with one attached hydrogen (secondary N) is 2. The number of aromatic nitrogens is 1. The summed E-state index contributed by atoms with van der Waals surface area (Å²) in [6.07, 6.45) is 1.35. The summed E-state index contributed by atoms with van der Waals surface area (Å²) < 4.78 is 4.98. The van der Waals surface area contributed by atoms with Gasteiger partial charge in [-0.3, -0.25) is 4.79 Å². The van der Waals surface area contributed by atoms with Crippen LogP contribution in [0.2, 0.25) is 10.0 Å². The van der Waals surface area contributed by atoms with E-state index >= 15 is 0 Å². The van der Waals surface area contributed by atoms with Crippen molar-refractivity contribution in [2.45, 2.75) is 0 Å². The van der Waals surface area contributed by atoms with Crippen LogP contribution in [0.1, 0.15) is 10.4 Å². The zero-order valence-corrected chi connectivity index (χ0v) is 13.6. The number of hydrogen-bond donors (Lipinski definition) is 2. The molecule has 0 fully saturated rings. The van der Waals surface area contributed by atoms with Crippen LogP contribution in [0.5, 0.6) is 0 Å². The van der Waals surface area contributed by atoms with Crippen molar-refractivity contribution >= 4 is 46.6 Å². The van der Waals surface area contributed by atoms with E-state index in [0.29, 0.717) is 16.3 Å². The van der Waals surface area contributed by atoms with Gasteiger partial charge in [0.2, 0.25) is 0 Å². The van der Waals surface area contributed by atoms with Crippen molar-refractivity contribution in [1.29, 1.82) is 0 Å². The van der Waals surface area contributed by atoms with Crippen LogP contribution in [-0.2, 0) is 9.53 Å². The quantitative estimate of drug-likeness (QED) is 0.806. The lowest BCUT2D eigenvalue weighted by Crippen LogP contribution is -2.22. The monoisotopic (exact) mass is 353 g/mol. The van der Waals surface area contributed by atoms with E-state index in [9.17, 15) is 9.59 Å². The van der Waals surface area contributed by atoms with Gasteiger partial charge in [-0.2, -0.15) is 0 Å². The number of carbonyl (C=O) groups excluding carboxylic acids is 2. The van der Waals surface area contributed by atoms with Crippen LogP contribution < -0.4 is 10.6 Å². The van der Waals surface area contributed by atoms with Crippen molar-refractivity contribution < 1.29 is 14.3 Å². The number of amides is 1. The molecule has 0 spiro atoms. The number of carbonyl (C=O) groups is 2. The maximum absolute atomic E-state index is 12.0. The summed E-state index contributed by atoms with van der Waals surface area (Å²) in [5.74, 6) is -1.02. The van der Waals surface area contributed by atoms with Crippen molar-refractivity contribution in [3.63, 3.8) is 0 Å². The Bertz CT molecular complexity index is 738. The highest BCUT2D eigenvalue weighted by atomic mass is 35.5. The molecular formula is C15H13Cl2N3O3. The number of anilines is 2. The lowest BCUT2D eigenvalue weighted by Gasteiger charge is -2.09. The first kappa shape index (κ1) is 17.1. The molecule has 1 heterocycles.